The van der Waals surface area contributed by atoms with Gasteiger partial charge in [-0.3, -0.25) is 4.79 Å². The summed E-state index contributed by atoms with van der Waals surface area (Å²) in [5.74, 6) is 0.699. The van der Waals surface area contributed by atoms with Crippen molar-refractivity contribution >= 4 is 29.1 Å². The number of benzene rings is 2. The predicted molar refractivity (Wildman–Crippen MR) is 109 cm³/mol. The van der Waals surface area contributed by atoms with Crippen LogP contribution in [0.4, 0.5) is 17.2 Å². The zero-order chi connectivity index (χ0) is 20.8. The number of esters is 1. The molecule has 0 bridgehead atoms. The number of nitrogens with one attached hydrogen (secondary N) is 2. The second-order valence-electron chi connectivity index (χ2n) is 6.07. The molecule has 0 saturated heterocycles. The third-order valence-corrected chi connectivity index (χ3v) is 3.95. The normalized spacial score (nSPS) is 10.2. The van der Waals surface area contributed by atoms with Gasteiger partial charge in [-0.1, -0.05) is 12.1 Å². The average Bonchev–Trinajstić information content (AvgIpc) is 2.73. The van der Waals surface area contributed by atoms with Crippen LogP contribution in [0.2, 0.25) is 0 Å². The van der Waals surface area contributed by atoms with Gasteiger partial charge in [0.25, 0.3) is 5.91 Å². The molecule has 0 aliphatic heterocycles. The van der Waals surface area contributed by atoms with E-state index in [4.69, 9.17) is 9.47 Å². The molecule has 8 heteroatoms. The number of anilines is 3. The second-order valence-corrected chi connectivity index (χ2v) is 6.07. The van der Waals surface area contributed by atoms with Crippen molar-refractivity contribution in [3.8, 4) is 5.75 Å². The number of hydrogen-bond donors (Lipinski definition) is 2. The number of methoxy groups -OCH3 is 2. The first-order valence-corrected chi connectivity index (χ1v) is 8.75. The SMILES string of the molecule is COC(=O)c1cccc(NC(=O)c2cc(Nc3cccc(OC)c3)nc(C)n2)c1. The van der Waals surface area contributed by atoms with Gasteiger partial charge >= 0.3 is 5.97 Å². The number of aryl methyl sites for hydroxylation is 1. The molecular weight excluding hydrogens is 372 g/mol. The van der Waals surface area contributed by atoms with Crippen molar-refractivity contribution in [1.29, 1.82) is 0 Å². The lowest BCUT2D eigenvalue weighted by Crippen LogP contribution is -2.16. The number of hydrogen-bond acceptors (Lipinski definition) is 7. The summed E-state index contributed by atoms with van der Waals surface area (Å²) in [5, 5.41) is 5.87. The lowest BCUT2D eigenvalue weighted by atomic mass is 10.2. The van der Waals surface area contributed by atoms with Crippen LogP contribution < -0.4 is 15.4 Å². The average molecular weight is 392 g/mol. The van der Waals surface area contributed by atoms with E-state index in [1.165, 1.54) is 13.2 Å². The molecular formula is C21H20N4O4. The number of amides is 1. The molecule has 0 aliphatic carbocycles. The van der Waals surface area contributed by atoms with E-state index in [2.05, 4.69) is 20.6 Å². The maximum absolute atomic E-state index is 12.7. The van der Waals surface area contributed by atoms with Crippen LogP contribution >= 0.6 is 0 Å². The predicted octanol–water partition coefficient (Wildman–Crippen LogP) is 3.58. The Kier molecular flexibility index (Phi) is 6.03. The quantitative estimate of drug-likeness (QED) is 0.618. The molecule has 1 heterocycles. The smallest absolute Gasteiger partial charge is 0.337 e. The molecule has 0 fully saturated rings. The van der Waals surface area contributed by atoms with Gasteiger partial charge in [0.1, 0.15) is 23.1 Å². The molecule has 1 amide bonds. The monoisotopic (exact) mass is 392 g/mol. The van der Waals surface area contributed by atoms with E-state index >= 15 is 0 Å². The molecule has 0 aliphatic rings. The zero-order valence-corrected chi connectivity index (χ0v) is 16.2. The maximum atomic E-state index is 12.7. The third kappa shape index (κ3) is 5.07. The highest BCUT2D eigenvalue weighted by Gasteiger charge is 2.13. The number of carbonyl (C=O) groups excluding carboxylic acids is 2. The Morgan fingerprint density at radius 1 is 0.931 bits per heavy atom. The van der Waals surface area contributed by atoms with Gasteiger partial charge in [-0.15, -0.1) is 0 Å². The topological polar surface area (TPSA) is 102 Å². The van der Waals surface area contributed by atoms with Gasteiger partial charge in [0.2, 0.25) is 0 Å². The fourth-order valence-electron chi connectivity index (χ4n) is 2.63. The number of nitrogens with zero attached hydrogens (tertiary/aromatic N) is 2. The van der Waals surface area contributed by atoms with E-state index in [9.17, 15) is 9.59 Å². The van der Waals surface area contributed by atoms with E-state index in [1.807, 2.05) is 24.3 Å². The molecule has 148 valence electrons. The first-order valence-electron chi connectivity index (χ1n) is 8.75. The van der Waals surface area contributed by atoms with Gasteiger partial charge < -0.3 is 20.1 Å². The minimum Gasteiger partial charge on any atom is -0.497 e. The van der Waals surface area contributed by atoms with Crippen molar-refractivity contribution in [2.45, 2.75) is 6.92 Å². The third-order valence-electron chi connectivity index (χ3n) is 3.95. The highest BCUT2D eigenvalue weighted by Crippen LogP contribution is 2.21. The van der Waals surface area contributed by atoms with Crippen LogP contribution in [0.25, 0.3) is 0 Å². The van der Waals surface area contributed by atoms with E-state index in [-0.39, 0.29) is 5.69 Å². The van der Waals surface area contributed by atoms with E-state index < -0.39 is 11.9 Å². The standard InChI is InChI=1S/C21H20N4O4/c1-13-22-18(12-19(23-13)24-16-8-5-9-17(11-16)28-2)20(26)25-15-7-4-6-14(10-15)21(27)29-3/h4-12H,1-3H3,(H,25,26)(H,22,23,24). The lowest BCUT2D eigenvalue weighted by Gasteiger charge is -2.10. The molecule has 0 saturated carbocycles. The van der Waals surface area contributed by atoms with Gasteiger partial charge in [0.15, 0.2) is 0 Å². The molecule has 8 nitrogen and oxygen atoms in total. The zero-order valence-electron chi connectivity index (χ0n) is 16.2. The number of carbonyl (C=O) groups is 2. The van der Waals surface area contributed by atoms with Gasteiger partial charge in [0, 0.05) is 23.5 Å². The Morgan fingerprint density at radius 2 is 1.69 bits per heavy atom. The van der Waals surface area contributed by atoms with Crippen molar-refractivity contribution in [2.24, 2.45) is 0 Å². The minimum atomic E-state index is -0.483. The first kappa shape index (κ1) is 19.8. The Bertz CT molecular complexity index is 1050. The molecule has 2 N–H and O–H groups in total. The summed E-state index contributed by atoms with van der Waals surface area (Å²) in [4.78, 5) is 32.8. The van der Waals surface area contributed by atoms with Crippen molar-refractivity contribution < 1.29 is 19.1 Å². The van der Waals surface area contributed by atoms with Crippen molar-refractivity contribution in [1.82, 2.24) is 9.97 Å². The summed E-state index contributed by atoms with van der Waals surface area (Å²) >= 11 is 0. The van der Waals surface area contributed by atoms with Crippen molar-refractivity contribution in [2.75, 3.05) is 24.9 Å². The van der Waals surface area contributed by atoms with Crippen LogP contribution in [0.1, 0.15) is 26.7 Å². The number of aromatic nitrogens is 2. The Hall–Kier alpha value is -3.94. The van der Waals surface area contributed by atoms with Crippen molar-refractivity contribution in [3.05, 3.63) is 71.7 Å². The summed E-state index contributed by atoms with van der Waals surface area (Å²) in [6.07, 6.45) is 0. The minimum absolute atomic E-state index is 0.186. The van der Waals surface area contributed by atoms with Crippen LogP contribution in [0.5, 0.6) is 5.75 Å². The lowest BCUT2D eigenvalue weighted by molar-refractivity contribution is 0.0600. The second kappa shape index (κ2) is 8.83. The Morgan fingerprint density at radius 3 is 2.45 bits per heavy atom. The van der Waals surface area contributed by atoms with E-state index in [0.717, 1.165) is 5.69 Å². The highest BCUT2D eigenvalue weighted by molar-refractivity contribution is 6.04. The van der Waals surface area contributed by atoms with Gasteiger partial charge in [-0.25, -0.2) is 14.8 Å². The van der Waals surface area contributed by atoms with E-state index in [0.29, 0.717) is 28.6 Å². The molecule has 1 aromatic heterocycles. The van der Waals surface area contributed by atoms with Crippen LogP contribution in [0, 0.1) is 6.92 Å². The Labute approximate surface area is 167 Å². The summed E-state index contributed by atoms with van der Waals surface area (Å²) in [7, 11) is 2.89. The number of rotatable bonds is 6. The molecule has 0 radical (unpaired) electrons. The molecule has 0 atom stereocenters. The maximum Gasteiger partial charge on any atom is 0.337 e. The van der Waals surface area contributed by atoms with Crippen LogP contribution in [0.15, 0.2) is 54.6 Å². The van der Waals surface area contributed by atoms with Crippen LogP contribution in [0.3, 0.4) is 0 Å². The molecule has 3 rings (SSSR count). The molecule has 29 heavy (non-hydrogen) atoms. The van der Waals surface area contributed by atoms with Gasteiger partial charge in [-0.2, -0.15) is 0 Å². The summed E-state index contributed by atoms with van der Waals surface area (Å²) in [5.41, 5.74) is 1.74. The molecule has 2 aromatic carbocycles. The van der Waals surface area contributed by atoms with Crippen LogP contribution in [-0.4, -0.2) is 36.1 Å². The van der Waals surface area contributed by atoms with Gasteiger partial charge in [-0.05, 0) is 37.3 Å². The highest BCUT2D eigenvalue weighted by atomic mass is 16.5. The van der Waals surface area contributed by atoms with Crippen molar-refractivity contribution in [3.63, 3.8) is 0 Å². The largest absolute Gasteiger partial charge is 0.497 e. The fourth-order valence-corrected chi connectivity index (χ4v) is 2.63. The fraction of sp³-hybridized carbons (Fsp3) is 0.143. The first-order chi connectivity index (χ1) is 14.0. The van der Waals surface area contributed by atoms with Crippen LogP contribution in [-0.2, 0) is 4.74 Å². The molecule has 0 unspecified atom stereocenters. The van der Waals surface area contributed by atoms with Gasteiger partial charge in [0.05, 0.1) is 19.8 Å². The van der Waals surface area contributed by atoms with E-state index in [1.54, 1.807) is 38.3 Å². The summed E-state index contributed by atoms with van der Waals surface area (Å²) in [6.45, 7) is 1.70. The molecule has 3 aromatic rings. The molecule has 0 spiro atoms. The summed E-state index contributed by atoms with van der Waals surface area (Å²) < 4.78 is 9.91. The number of ether oxygens (including phenoxy) is 2. The summed E-state index contributed by atoms with van der Waals surface area (Å²) in [6, 6.07) is 15.4. The Balaban J connectivity index is 1.80.